The summed E-state index contributed by atoms with van der Waals surface area (Å²) < 4.78 is 14.0. The molecule has 0 spiro atoms. The Morgan fingerprint density at radius 3 is 2.25 bits per heavy atom. The van der Waals surface area contributed by atoms with E-state index in [1.54, 1.807) is 6.07 Å². The smallest absolute Gasteiger partial charge is 0.335 e. The van der Waals surface area contributed by atoms with Gasteiger partial charge in [-0.3, -0.25) is 4.90 Å². The maximum absolute atomic E-state index is 14.0. The first-order chi connectivity index (χ1) is 9.29. The van der Waals surface area contributed by atoms with E-state index >= 15 is 0 Å². The average Bonchev–Trinajstić information content (AvgIpc) is 2.37. The van der Waals surface area contributed by atoms with E-state index < -0.39 is 11.8 Å². The lowest BCUT2D eigenvalue weighted by molar-refractivity contribution is 0.0696. The van der Waals surface area contributed by atoms with Gasteiger partial charge < -0.3 is 10.0 Å². The van der Waals surface area contributed by atoms with Crippen molar-refractivity contribution in [1.82, 2.24) is 4.90 Å². The zero-order chi connectivity index (χ0) is 14.9. The molecule has 0 aromatic heterocycles. The van der Waals surface area contributed by atoms with E-state index in [9.17, 15) is 9.18 Å². The Bertz CT molecular complexity index is 503. The third kappa shape index (κ3) is 3.10. The topological polar surface area (TPSA) is 43.8 Å². The number of hydrogen-bond acceptors (Lipinski definition) is 3. The number of nitrogens with zero attached hydrogens (tertiary/aromatic N) is 2. The van der Waals surface area contributed by atoms with Crippen molar-refractivity contribution >= 4 is 11.7 Å². The van der Waals surface area contributed by atoms with Crippen LogP contribution in [0, 0.1) is 5.82 Å². The first-order valence-corrected chi connectivity index (χ1v) is 6.82. The van der Waals surface area contributed by atoms with E-state index in [-0.39, 0.29) is 11.1 Å². The van der Waals surface area contributed by atoms with E-state index in [0.29, 0.717) is 5.69 Å². The van der Waals surface area contributed by atoms with Crippen molar-refractivity contribution in [2.24, 2.45) is 0 Å². The van der Waals surface area contributed by atoms with Gasteiger partial charge in [0, 0.05) is 31.7 Å². The fourth-order valence-corrected chi connectivity index (χ4v) is 2.51. The van der Waals surface area contributed by atoms with E-state index in [0.717, 1.165) is 32.2 Å². The van der Waals surface area contributed by atoms with Crippen LogP contribution in [0.2, 0.25) is 0 Å². The number of carboxylic acids is 1. The van der Waals surface area contributed by atoms with Crippen LogP contribution in [0.25, 0.3) is 0 Å². The van der Waals surface area contributed by atoms with Crippen LogP contribution in [0.4, 0.5) is 10.1 Å². The predicted octanol–water partition coefficient (Wildman–Crippen LogP) is 2.44. The summed E-state index contributed by atoms with van der Waals surface area (Å²) in [5.74, 6) is -1.57. The molecule has 1 aromatic rings. The summed E-state index contributed by atoms with van der Waals surface area (Å²) in [4.78, 5) is 15.2. The fraction of sp³-hybridized carbons (Fsp3) is 0.533. The highest BCUT2D eigenvalue weighted by Gasteiger charge is 2.26. The monoisotopic (exact) mass is 280 g/mol. The minimum absolute atomic E-state index is 0.0143. The summed E-state index contributed by atoms with van der Waals surface area (Å²) in [5.41, 5.74) is 0.598. The van der Waals surface area contributed by atoms with Crippen LogP contribution in [-0.4, -0.2) is 47.7 Å². The van der Waals surface area contributed by atoms with Crippen molar-refractivity contribution in [2.45, 2.75) is 26.3 Å². The van der Waals surface area contributed by atoms with Crippen LogP contribution in [0.3, 0.4) is 0 Å². The summed E-state index contributed by atoms with van der Waals surface area (Å²) in [6.07, 6.45) is 0. The van der Waals surface area contributed by atoms with Gasteiger partial charge in [0.15, 0.2) is 0 Å². The van der Waals surface area contributed by atoms with Gasteiger partial charge in [0.05, 0.1) is 11.3 Å². The first kappa shape index (κ1) is 14.8. The Kier molecular flexibility index (Phi) is 3.99. The zero-order valence-electron chi connectivity index (χ0n) is 12.2. The number of halogens is 1. The highest BCUT2D eigenvalue weighted by atomic mass is 19.1. The lowest BCUT2D eigenvalue weighted by atomic mass is 10.0. The molecule has 5 heteroatoms. The summed E-state index contributed by atoms with van der Waals surface area (Å²) in [6, 6.07) is 4.11. The second kappa shape index (κ2) is 5.40. The molecule has 0 radical (unpaired) electrons. The van der Waals surface area contributed by atoms with Gasteiger partial charge in [-0.25, -0.2) is 9.18 Å². The Labute approximate surface area is 118 Å². The van der Waals surface area contributed by atoms with Crippen molar-refractivity contribution < 1.29 is 14.3 Å². The minimum Gasteiger partial charge on any atom is -0.478 e. The van der Waals surface area contributed by atoms with Crippen molar-refractivity contribution in [3.8, 4) is 0 Å². The highest BCUT2D eigenvalue weighted by Crippen LogP contribution is 2.24. The van der Waals surface area contributed by atoms with Crippen molar-refractivity contribution in [2.75, 3.05) is 31.1 Å². The van der Waals surface area contributed by atoms with Gasteiger partial charge in [0.2, 0.25) is 0 Å². The predicted molar refractivity (Wildman–Crippen MR) is 76.9 cm³/mol. The Hall–Kier alpha value is -1.62. The van der Waals surface area contributed by atoms with Crippen LogP contribution in [0.15, 0.2) is 18.2 Å². The van der Waals surface area contributed by atoms with Gasteiger partial charge in [0.1, 0.15) is 5.82 Å². The van der Waals surface area contributed by atoms with Crippen molar-refractivity contribution in [1.29, 1.82) is 0 Å². The van der Waals surface area contributed by atoms with Gasteiger partial charge >= 0.3 is 5.97 Å². The molecule has 2 rings (SSSR count). The normalized spacial score (nSPS) is 17.3. The molecular weight excluding hydrogens is 259 g/mol. The molecule has 4 nitrogen and oxygen atoms in total. The van der Waals surface area contributed by atoms with Crippen LogP contribution in [0.1, 0.15) is 31.1 Å². The molecular formula is C15H21FN2O2. The SMILES string of the molecule is CC(C)(C)N1CCN(c2ccc(C(=O)O)cc2F)CC1. The van der Waals surface area contributed by atoms with Gasteiger partial charge in [-0.1, -0.05) is 0 Å². The van der Waals surface area contributed by atoms with Crippen molar-refractivity contribution in [3.05, 3.63) is 29.6 Å². The summed E-state index contributed by atoms with van der Waals surface area (Å²) >= 11 is 0. The third-order valence-corrected chi connectivity index (χ3v) is 3.76. The molecule has 1 saturated heterocycles. The molecule has 0 atom stereocenters. The summed E-state index contributed by atoms with van der Waals surface area (Å²) in [5, 5.41) is 8.85. The average molecular weight is 280 g/mol. The third-order valence-electron chi connectivity index (χ3n) is 3.76. The van der Waals surface area contributed by atoms with Gasteiger partial charge in [0.25, 0.3) is 0 Å². The quantitative estimate of drug-likeness (QED) is 0.903. The van der Waals surface area contributed by atoms with Gasteiger partial charge in [-0.05, 0) is 39.0 Å². The van der Waals surface area contributed by atoms with E-state index in [2.05, 4.69) is 25.7 Å². The highest BCUT2D eigenvalue weighted by molar-refractivity contribution is 5.88. The van der Waals surface area contributed by atoms with E-state index in [1.165, 1.54) is 6.07 Å². The summed E-state index contributed by atoms with van der Waals surface area (Å²) in [6.45, 7) is 9.77. The number of aromatic carboxylic acids is 1. The molecule has 1 fully saturated rings. The van der Waals surface area contributed by atoms with Crippen LogP contribution < -0.4 is 4.90 Å². The lowest BCUT2D eigenvalue weighted by Gasteiger charge is -2.43. The lowest BCUT2D eigenvalue weighted by Crippen LogP contribution is -2.53. The fourth-order valence-electron chi connectivity index (χ4n) is 2.51. The molecule has 20 heavy (non-hydrogen) atoms. The molecule has 0 aliphatic carbocycles. The molecule has 1 aliphatic rings. The maximum Gasteiger partial charge on any atom is 0.335 e. The first-order valence-electron chi connectivity index (χ1n) is 6.82. The van der Waals surface area contributed by atoms with Gasteiger partial charge in [-0.15, -0.1) is 0 Å². The second-order valence-electron chi connectivity index (χ2n) is 6.12. The zero-order valence-corrected chi connectivity index (χ0v) is 12.2. The van der Waals surface area contributed by atoms with E-state index in [1.807, 2.05) is 4.90 Å². The van der Waals surface area contributed by atoms with Crippen molar-refractivity contribution in [3.63, 3.8) is 0 Å². The van der Waals surface area contributed by atoms with Crippen LogP contribution in [0.5, 0.6) is 0 Å². The number of benzene rings is 1. The number of piperazine rings is 1. The molecule has 0 amide bonds. The van der Waals surface area contributed by atoms with E-state index in [4.69, 9.17) is 5.11 Å². The minimum atomic E-state index is -1.10. The molecule has 1 aromatic carbocycles. The Morgan fingerprint density at radius 2 is 1.80 bits per heavy atom. The number of carbonyl (C=O) groups is 1. The molecule has 0 bridgehead atoms. The molecule has 0 unspecified atom stereocenters. The summed E-state index contributed by atoms with van der Waals surface area (Å²) in [7, 11) is 0. The Balaban J connectivity index is 2.09. The maximum atomic E-state index is 14.0. The van der Waals surface area contributed by atoms with Crippen LogP contribution in [-0.2, 0) is 0 Å². The molecule has 1 N–H and O–H groups in total. The largest absolute Gasteiger partial charge is 0.478 e. The number of carboxylic acid groups (broad SMARTS) is 1. The Morgan fingerprint density at radius 1 is 1.20 bits per heavy atom. The van der Waals surface area contributed by atoms with Gasteiger partial charge in [-0.2, -0.15) is 0 Å². The molecule has 1 heterocycles. The van der Waals surface area contributed by atoms with Crippen LogP contribution >= 0.6 is 0 Å². The number of rotatable bonds is 2. The molecule has 1 aliphatic heterocycles. The number of hydrogen-bond donors (Lipinski definition) is 1. The number of anilines is 1. The molecule has 0 saturated carbocycles. The second-order valence-corrected chi connectivity index (χ2v) is 6.12. The standard InChI is InChI=1S/C15H21FN2O2/c1-15(2,3)18-8-6-17(7-9-18)13-5-4-11(14(19)20)10-12(13)16/h4-5,10H,6-9H2,1-3H3,(H,19,20). The molecule has 110 valence electrons.